The second kappa shape index (κ2) is 2.64. The molecule has 1 heterocycles. The molecule has 0 aliphatic heterocycles. The largest absolute Gasteiger partial charge is 0.172 e. The van der Waals surface area contributed by atoms with Crippen LogP contribution in [0.1, 0.15) is 0 Å². The van der Waals surface area contributed by atoms with Crippen LogP contribution in [0.2, 0.25) is 0 Å². The number of fused-ring (bicyclic) bond motifs is 1. The monoisotopic (exact) mass is 278 g/mol. The van der Waals surface area contributed by atoms with Crippen molar-refractivity contribution in [1.29, 1.82) is 0 Å². The van der Waals surface area contributed by atoms with Crippen LogP contribution in [0, 0.1) is 3.57 Å². The van der Waals surface area contributed by atoms with E-state index in [2.05, 4.69) is 27.7 Å². The molecule has 0 unspecified atom stereocenters. The Morgan fingerprint density at radius 2 is 2.27 bits per heavy atom. The topological polar surface area (TPSA) is 17.8 Å². The minimum atomic E-state index is 0.957. The van der Waals surface area contributed by atoms with Crippen LogP contribution >= 0.6 is 34.4 Å². The van der Waals surface area contributed by atoms with Crippen molar-refractivity contribution in [3.63, 3.8) is 0 Å². The van der Waals surface area contributed by atoms with Crippen molar-refractivity contribution in [2.75, 3.05) is 0 Å². The average Bonchev–Trinajstić information content (AvgIpc) is 2.35. The summed E-state index contributed by atoms with van der Waals surface area (Å²) in [5.41, 5.74) is 0.957. The molecule has 2 aromatic rings. The molecule has 0 N–H and O–H groups in total. The van der Waals surface area contributed by atoms with Crippen LogP contribution in [0.15, 0.2) is 24.4 Å². The molecule has 0 fully saturated rings. The van der Waals surface area contributed by atoms with Gasteiger partial charge in [-0.25, -0.2) is 0 Å². The van der Waals surface area contributed by atoms with Crippen molar-refractivity contribution in [3.8, 4) is 0 Å². The molecule has 1 aromatic heterocycles. The minimum absolute atomic E-state index is 0.957. The van der Waals surface area contributed by atoms with E-state index >= 15 is 0 Å². The standard InChI is InChI=1S/C7H4ClIN2/c8-11-7-3-1-2-6(9)5(7)4-10-11/h1-4H. The molecular formula is C7H4ClIN2. The van der Waals surface area contributed by atoms with Crippen molar-refractivity contribution in [2.24, 2.45) is 0 Å². The number of nitrogens with zero attached hydrogens (tertiary/aromatic N) is 2. The van der Waals surface area contributed by atoms with Gasteiger partial charge in [-0.1, -0.05) is 6.07 Å². The van der Waals surface area contributed by atoms with E-state index in [0.717, 1.165) is 10.9 Å². The van der Waals surface area contributed by atoms with Gasteiger partial charge in [-0.05, 0) is 34.7 Å². The predicted octanol–water partition coefficient (Wildman–Crippen LogP) is 2.64. The van der Waals surface area contributed by atoms with Gasteiger partial charge in [0.25, 0.3) is 0 Å². The van der Waals surface area contributed by atoms with E-state index in [4.69, 9.17) is 11.8 Å². The van der Waals surface area contributed by atoms with E-state index in [1.54, 1.807) is 6.20 Å². The molecule has 0 saturated carbocycles. The van der Waals surface area contributed by atoms with Crippen molar-refractivity contribution in [2.45, 2.75) is 0 Å². The summed E-state index contributed by atoms with van der Waals surface area (Å²) in [7, 11) is 0. The van der Waals surface area contributed by atoms with Gasteiger partial charge in [-0.15, -0.1) is 0 Å². The molecule has 2 nitrogen and oxygen atoms in total. The lowest BCUT2D eigenvalue weighted by atomic mass is 10.3. The fourth-order valence-electron chi connectivity index (χ4n) is 0.985. The normalized spacial score (nSPS) is 10.7. The van der Waals surface area contributed by atoms with Crippen molar-refractivity contribution < 1.29 is 0 Å². The van der Waals surface area contributed by atoms with Crippen LogP contribution in [0.25, 0.3) is 10.9 Å². The first-order valence-electron chi connectivity index (χ1n) is 3.07. The Morgan fingerprint density at radius 1 is 1.45 bits per heavy atom. The van der Waals surface area contributed by atoms with Gasteiger partial charge >= 0.3 is 0 Å². The van der Waals surface area contributed by atoms with Gasteiger partial charge in [-0.2, -0.15) is 9.30 Å². The van der Waals surface area contributed by atoms with Crippen LogP contribution in [0.4, 0.5) is 0 Å². The molecule has 2 rings (SSSR count). The van der Waals surface area contributed by atoms with E-state index in [-0.39, 0.29) is 0 Å². The number of aromatic nitrogens is 2. The zero-order chi connectivity index (χ0) is 7.84. The maximum absolute atomic E-state index is 5.75. The van der Waals surface area contributed by atoms with Gasteiger partial charge in [0.1, 0.15) is 0 Å². The number of benzene rings is 1. The number of halogens is 2. The van der Waals surface area contributed by atoms with E-state index in [1.807, 2.05) is 18.2 Å². The predicted molar refractivity (Wildman–Crippen MR) is 53.7 cm³/mol. The van der Waals surface area contributed by atoms with Crippen LogP contribution in [0.3, 0.4) is 0 Å². The van der Waals surface area contributed by atoms with Crippen LogP contribution < -0.4 is 0 Å². The highest BCUT2D eigenvalue weighted by Crippen LogP contribution is 2.20. The van der Waals surface area contributed by atoms with E-state index < -0.39 is 0 Å². The lowest BCUT2D eigenvalue weighted by molar-refractivity contribution is 1.02. The number of rotatable bonds is 0. The molecule has 0 bridgehead atoms. The molecule has 0 amide bonds. The summed E-state index contributed by atoms with van der Waals surface area (Å²) in [6.45, 7) is 0. The highest BCUT2D eigenvalue weighted by molar-refractivity contribution is 14.1. The first-order valence-corrected chi connectivity index (χ1v) is 4.49. The third kappa shape index (κ3) is 1.12. The first kappa shape index (κ1) is 7.36. The highest BCUT2D eigenvalue weighted by Gasteiger charge is 2.01. The second-order valence-corrected chi connectivity index (χ2v) is 3.66. The zero-order valence-electron chi connectivity index (χ0n) is 5.46. The van der Waals surface area contributed by atoms with Crippen LogP contribution in [-0.4, -0.2) is 9.30 Å². The Labute approximate surface area is 82.4 Å². The lowest BCUT2D eigenvalue weighted by Crippen LogP contribution is -1.80. The van der Waals surface area contributed by atoms with Gasteiger partial charge < -0.3 is 0 Å². The average molecular weight is 278 g/mol. The fraction of sp³-hybridized carbons (Fsp3) is 0. The van der Waals surface area contributed by atoms with E-state index in [1.165, 1.54) is 7.77 Å². The third-order valence-corrected chi connectivity index (χ3v) is 2.73. The molecule has 1 aromatic carbocycles. The molecule has 0 radical (unpaired) electrons. The number of hydrogen-bond donors (Lipinski definition) is 0. The highest BCUT2D eigenvalue weighted by atomic mass is 127. The summed E-state index contributed by atoms with van der Waals surface area (Å²) in [5.74, 6) is 0. The lowest BCUT2D eigenvalue weighted by Gasteiger charge is -1.91. The Kier molecular flexibility index (Phi) is 1.77. The molecule has 0 saturated heterocycles. The molecule has 0 aliphatic carbocycles. The summed E-state index contributed by atoms with van der Waals surface area (Å²) in [6.07, 6.45) is 1.77. The van der Waals surface area contributed by atoms with Gasteiger partial charge in [0.2, 0.25) is 0 Å². The Balaban J connectivity index is 2.94. The van der Waals surface area contributed by atoms with Gasteiger partial charge in [-0.3, -0.25) is 0 Å². The molecular weight excluding hydrogens is 274 g/mol. The molecule has 0 spiro atoms. The summed E-state index contributed by atoms with van der Waals surface area (Å²) in [6, 6.07) is 5.93. The van der Waals surface area contributed by atoms with Crippen molar-refractivity contribution >= 4 is 45.3 Å². The molecule has 0 aliphatic rings. The zero-order valence-corrected chi connectivity index (χ0v) is 8.37. The van der Waals surface area contributed by atoms with Crippen LogP contribution in [-0.2, 0) is 0 Å². The third-order valence-electron chi connectivity index (χ3n) is 1.52. The minimum Gasteiger partial charge on any atom is -0.172 e. The summed E-state index contributed by atoms with van der Waals surface area (Å²) < 4.78 is 2.53. The summed E-state index contributed by atoms with van der Waals surface area (Å²) >= 11 is 8.01. The van der Waals surface area contributed by atoms with Gasteiger partial charge in [0.15, 0.2) is 0 Å². The maximum atomic E-state index is 5.75. The SMILES string of the molecule is Cln1ncc2c(I)cccc21. The number of hydrogen-bond acceptors (Lipinski definition) is 1. The maximum Gasteiger partial charge on any atom is 0.0882 e. The van der Waals surface area contributed by atoms with E-state index in [9.17, 15) is 0 Å². The molecule has 56 valence electrons. The van der Waals surface area contributed by atoms with Gasteiger partial charge in [0, 0.05) is 20.7 Å². The Morgan fingerprint density at radius 3 is 3.00 bits per heavy atom. The van der Waals surface area contributed by atoms with Crippen LogP contribution in [0.5, 0.6) is 0 Å². The Bertz CT molecular complexity index is 396. The molecule has 0 atom stereocenters. The molecule has 4 heteroatoms. The Hall–Kier alpha value is -0.290. The second-order valence-electron chi connectivity index (χ2n) is 2.18. The smallest absolute Gasteiger partial charge is 0.0882 e. The summed E-state index contributed by atoms with van der Waals surface area (Å²) in [5, 5.41) is 5.03. The van der Waals surface area contributed by atoms with Crippen molar-refractivity contribution in [1.82, 2.24) is 9.30 Å². The summed E-state index contributed by atoms with van der Waals surface area (Å²) in [4.78, 5) is 0. The first-order chi connectivity index (χ1) is 5.29. The fourth-order valence-corrected chi connectivity index (χ4v) is 1.80. The van der Waals surface area contributed by atoms with E-state index in [0.29, 0.717) is 0 Å². The van der Waals surface area contributed by atoms with Gasteiger partial charge in [0.05, 0.1) is 11.7 Å². The molecule has 11 heavy (non-hydrogen) atoms. The quantitative estimate of drug-likeness (QED) is 0.678. The van der Waals surface area contributed by atoms with Crippen molar-refractivity contribution in [3.05, 3.63) is 28.0 Å².